The molecule has 1 N–H and O–H groups in total. The number of carboxylic acids is 1. The summed E-state index contributed by atoms with van der Waals surface area (Å²) in [7, 11) is 1.93. The Morgan fingerprint density at radius 3 is 2.82 bits per heavy atom. The normalized spacial score (nSPS) is 10.5. The standard InChI is InChI=1S/C13H14ClNO2/c1-3-8-15(2)11-6-4-10(12(14)9-11)5-7-13(16)17/h3-7,9H,1,8H2,2H3,(H,16,17)/b7-5+. The summed E-state index contributed by atoms with van der Waals surface area (Å²) in [4.78, 5) is 12.4. The SMILES string of the molecule is C=CCN(C)c1ccc(/C=C/C(=O)O)c(Cl)c1. The summed E-state index contributed by atoms with van der Waals surface area (Å²) in [6.07, 6.45) is 4.34. The summed E-state index contributed by atoms with van der Waals surface area (Å²) in [5, 5.41) is 9.05. The molecule has 0 atom stereocenters. The molecule has 4 heteroatoms. The number of anilines is 1. The highest BCUT2D eigenvalue weighted by molar-refractivity contribution is 6.32. The summed E-state index contributed by atoms with van der Waals surface area (Å²) >= 11 is 6.06. The van der Waals surface area contributed by atoms with E-state index in [9.17, 15) is 4.79 Å². The fourth-order valence-electron chi connectivity index (χ4n) is 1.35. The van der Waals surface area contributed by atoms with Crippen molar-refractivity contribution >= 4 is 29.3 Å². The van der Waals surface area contributed by atoms with E-state index >= 15 is 0 Å². The minimum Gasteiger partial charge on any atom is -0.478 e. The fraction of sp³-hybridized carbons (Fsp3) is 0.154. The Labute approximate surface area is 106 Å². The number of hydrogen-bond donors (Lipinski definition) is 1. The van der Waals surface area contributed by atoms with Crippen molar-refractivity contribution in [3.8, 4) is 0 Å². The number of aliphatic carboxylic acids is 1. The second kappa shape index (κ2) is 6.11. The van der Waals surface area contributed by atoms with Gasteiger partial charge in [-0.05, 0) is 23.8 Å². The lowest BCUT2D eigenvalue weighted by atomic mass is 10.2. The Bertz CT molecular complexity index is 455. The average molecular weight is 252 g/mol. The van der Waals surface area contributed by atoms with E-state index < -0.39 is 5.97 Å². The van der Waals surface area contributed by atoms with Crippen LogP contribution in [0.1, 0.15) is 5.56 Å². The van der Waals surface area contributed by atoms with Crippen molar-refractivity contribution in [2.24, 2.45) is 0 Å². The van der Waals surface area contributed by atoms with Crippen molar-refractivity contribution in [1.29, 1.82) is 0 Å². The third kappa shape index (κ3) is 3.96. The Kier molecular flexibility index (Phi) is 4.79. The van der Waals surface area contributed by atoms with Gasteiger partial charge in [-0.25, -0.2) is 4.79 Å². The number of rotatable bonds is 5. The first-order valence-electron chi connectivity index (χ1n) is 5.07. The Hall–Kier alpha value is -1.74. The summed E-state index contributed by atoms with van der Waals surface area (Å²) in [6, 6.07) is 5.47. The Balaban J connectivity index is 2.93. The van der Waals surface area contributed by atoms with Gasteiger partial charge in [-0.15, -0.1) is 6.58 Å². The number of carbonyl (C=O) groups is 1. The smallest absolute Gasteiger partial charge is 0.328 e. The molecule has 0 aliphatic rings. The van der Waals surface area contributed by atoms with E-state index in [1.807, 2.05) is 18.0 Å². The molecule has 0 aliphatic carbocycles. The molecule has 0 aromatic heterocycles. The van der Waals surface area contributed by atoms with Crippen LogP contribution in [0.2, 0.25) is 5.02 Å². The summed E-state index contributed by atoms with van der Waals surface area (Å²) in [5.74, 6) is -0.992. The predicted octanol–water partition coefficient (Wildman–Crippen LogP) is 3.06. The lowest BCUT2D eigenvalue weighted by Gasteiger charge is -2.17. The van der Waals surface area contributed by atoms with Gasteiger partial charge in [0.15, 0.2) is 0 Å². The highest BCUT2D eigenvalue weighted by atomic mass is 35.5. The third-order valence-electron chi connectivity index (χ3n) is 2.23. The van der Waals surface area contributed by atoms with E-state index in [1.54, 1.807) is 18.2 Å². The molecule has 0 unspecified atom stereocenters. The van der Waals surface area contributed by atoms with Gasteiger partial charge < -0.3 is 10.0 Å². The fourth-order valence-corrected chi connectivity index (χ4v) is 1.59. The van der Waals surface area contributed by atoms with Crippen LogP contribution in [0.3, 0.4) is 0 Å². The molecule has 0 saturated carbocycles. The molecule has 0 fully saturated rings. The second-order valence-corrected chi connectivity index (χ2v) is 3.95. The van der Waals surface area contributed by atoms with E-state index in [-0.39, 0.29) is 0 Å². The Morgan fingerprint density at radius 1 is 1.59 bits per heavy atom. The third-order valence-corrected chi connectivity index (χ3v) is 2.56. The molecular weight excluding hydrogens is 238 g/mol. The first-order chi connectivity index (χ1) is 8.04. The van der Waals surface area contributed by atoms with Crippen LogP contribution in [0.5, 0.6) is 0 Å². The minimum atomic E-state index is -0.992. The number of benzene rings is 1. The van der Waals surface area contributed by atoms with E-state index in [1.165, 1.54) is 6.08 Å². The van der Waals surface area contributed by atoms with Crippen molar-refractivity contribution in [1.82, 2.24) is 0 Å². The van der Waals surface area contributed by atoms with Crippen LogP contribution in [0.25, 0.3) is 6.08 Å². The zero-order valence-corrected chi connectivity index (χ0v) is 10.3. The lowest BCUT2D eigenvalue weighted by Crippen LogP contribution is -2.16. The molecule has 1 aromatic rings. The van der Waals surface area contributed by atoms with Gasteiger partial charge in [0, 0.05) is 30.4 Å². The quantitative estimate of drug-likeness (QED) is 0.646. The summed E-state index contributed by atoms with van der Waals surface area (Å²) < 4.78 is 0. The zero-order chi connectivity index (χ0) is 12.8. The summed E-state index contributed by atoms with van der Waals surface area (Å²) in [6.45, 7) is 4.39. The van der Waals surface area contributed by atoms with Gasteiger partial charge in [0.1, 0.15) is 0 Å². The van der Waals surface area contributed by atoms with Gasteiger partial charge >= 0.3 is 5.97 Å². The first kappa shape index (κ1) is 13.3. The van der Waals surface area contributed by atoms with Gasteiger partial charge in [-0.3, -0.25) is 0 Å². The average Bonchev–Trinajstić information content (AvgIpc) is 2.27. The maximum absolute atomic E-state index is 10.4. The monoisotopic (exact) mass is 251 g/mol. The topological polar surface area (TPSA) is 40.5 Å². The first-order valence-corrected chi connectivity index (χ1v) is 5.45. The van der Waals surface area contributed by atoms with Gasteiger partial charge in [0.05, 0.1) is 0 Å². The second-order valence-electron chi connectivity index (χ2n) is 3.55. The molecule has 17 heavy (non-hydrogen) atoms. The zero-order valence-electron chi connectivity index (χ0n) is 9.56. The lowest BCUT2D eigenvalue weighted by molar-refractivity contribution is -0.131. The largest absolute Gasteiger partial charge is 0.478 e. The molecule has 0 saturated heterocycles. The van der Waals surface area contributed by atoms with Crippen molar-refractivity contribution in [3.05, 3.63) is 47.5 Å². The Morgan fingerprint density at radius 2 is 2.29 bits per heavy atom. The van der Waals surface area contributed by atoms with Crippen molar-refractivity contribution in [3.63, 3.8) is 0 Å². The van der Waals surface area contributed by atoms with Gasteiger partial charge in [0.25, 0.3) is 0 Å². The molecule has 0 spiro atoms. The van der Waals surface area contributed by atoms with Gasteiger partial charge in [0.2, 0.25) is 0 Å². The molecule has 1 aromatic carbocycles. The van der Waals surface area contributed by atoms with Crippen LogP contribution in [0.4, 0.5) is 5.69 Å². The summed E-state index contributed by atoms with van der Waals surface area (Å²) in [5.41, 5.74) is 1.65. The molecule has 0 aliphatic heterocycles. The van der Waals surface area contributed by atoms with E-state index in [4.69, 9.17) is 16.7 Å². The minimum absolute atomic E-state index is 0.524. The maximum atomic E-state index is 10.4. The maximum Gasteiger partial charge on any atom is 0.328 e. The number of nitrogens with zero attached hydrogens (tertiary/aromatic N) is 1. The van der Waals surface area contributed by atoms with Crippen LogP contribution in [0, 0.1) is 0 Å². The predicted molar refractivity (Wildman–Crippen MR) is 71.6 cm³/mol. The molecular formula is C13H14ClNO2. The molecule has 90 valence electrons. The number of likely N-dealkylation sites (N-methyl/N-ethyl adjacent to an activating group) is 1. The van der Waals surface area contributed by atoms with Crippen LogP contribution >= 0.6 is 11.6 Å². The molecule has 1 rings (SSSR count). The number of halogens is 1. The van der Waals surface area contributed by atoms with E-state index in [2.05, 4.69) is 6.58 Å². The van der Waals surface area contributed by atoms with Crippen LogP contribution < -0.4 is 4.90 Å². The van der Waals surface area contributed by atoms with Crippen molar-refractivity contribution in [2.45, 2.75) is 0 Å². The number of carboxylic acid groups (broad SMARTS) is 1. The van der Waals surface area contributed by atoms with Crippen molar-refractivity contribution in [2.75, 3.05) is 18.5 Å². The van der Waals surface area contributed by atoms with Gasteiger partial charge in [-0.1, -0.05) is 23.7 Å². The van der Waals surface area contributed by atoms with Crippen molar-refractivity contribution < 1.29 is 9.90 Å². The van der Waals surface area contributed by atoms with E-state index in [0.717, 1.165) is 18.3 Å². The highest BCUT2D eigenvalue weighted by Gasteiger charge is 2.03. The van der Waals surface area contributed by atoms with E-state index in [0.29, 0.717) is 10.6 Å². The van der Waals surface area contributed by atoms with Crippen LogP contribution in [0.15, 0.2) is 36.9 Å². The highest BCUT2D eigenvalue weighted by Crippen LogP contribution is 2.24. The van der Waals surface area contributed by atoms with Crippen LogP contribution in [-0.4, -0.2) is 24.7 Å². The van der Waals surface area contributed by atoms with Crippen LogP contribution in [-0.2, 0) is 4.79 Å². The molecule has 3 nitrogen and oxygen atoms in total. The molecule has 0 radical (unpaired) electrons. The van der Waals surface area contributed by atoms with Gasteiger partial charge in [-0.2, -0.15) is 0 Å². The number of hydrogen-bond acceptors (Lipinski definition) is 2. The molecule has 0 bridgehead atoms. The molecule has 0 amide bonds. The molecule has 0 heterocycles.